The second-order valence-electron chi connectivity index (χ2n) is 7.21. The Hall–Kier alpha value is -2.51. The molecule has 0 spiro atoms. The van der Waals surface area contributed by atoms with E-state index in [1.165, 1.54) is 0 Å². The monoisotopic (exact) mass is 398 g/mol. The van der Waals surface area contributed by atoms with Crippen molar-refractivity contribution in [3.05, 3.63) is 48.4 Å². The molecule has 0 saturated carbocycles. The molecule has 4 bridgehead atoms. The fourth-order valence-corrected chi connectivity index (χ4v) is 4.02. The lowest BCUT2D eigenvalue weighted by Crippen LogP contribution is -2.15. The lowest BCUT2D eigenvalue weighted by Gasteiger charge is -2.18. The molecule has 0 unspecified atom stereocenters. The van der Waals surface area contributed by atoms with E-state index in [-0.39, 0.29) is 0 Å². The number of allylic oxidation sites excluding steroid dienone is 1. The summed E-state index contributed by atoms with van der Waals surface area (Å²) < 4.78 is 0. The summed E-state index contributed by atoms with van der Waals surface area (Å²) in [5.74, 6) is 8.70. The minimum Gasteiger partial charge on any atom is -0.389 e. The third kappa shape index (κ3) is 5.74. The fraction of sp³-hybridized carbons (Fsp3) is 0.333. The van der Waals surface area contributed by atoms with Crippen molar-refractivity contribution in [1.29, 1.82) is 0 Å². The summed E-state index contributed by atoms with van der Waals surface area (Å²) >= 11 is 0. The highest BCUT2D eigenvalue weighted by Crippen LogP contribution is 2.34. The van der Waals surface area contributed by atoms with E-state index < -0.39 is 9.39 Å². The van der Waals surface area contributed by atoms with Crippen LogP contribution in [-0.2, 0) is 6.42 Å². The first-order valence-corrected chi connectivity index (χ1v) is 11.6. The molecule has 0 radical (unpaired) electrons. The van der Waals surface area contributed by atoms with Gasteiger partial charge in [0, 0.05) is 41.8 Å². The smallest absolute Gasteiger partial charge is 0.227 e. The van der Waals surface area contributed by atoms with Gasteiger partial charge in [0.15, 0.2) is 0 Å². The van der Waals surface area contributed by atoms with Crippen LogP contribution in [0.1, 0.15) is 31.2 Å². The van der Waals surface area contributed by atoms with Crippen molar-refractivity contribution in [2.45, 2.75) is 37.0 Å². The second kappa shape index (κ2) is 9.12. The molecular weight excluding hydrogens is 368 g/mol. The first-order valence-electron chi connectivity index (χ1n) is 9.56. The van der Waals surface area contributed by atoms with E-state index in [1.54, 1.807) is 0 Å². The van der Waals surface area contributed by atoms with Crippen LogP contribution in [0.3, 0.4) is 0 Å². The summed E-state index contributed by atoms with van der Waals surface area (Å²) in [5, 5.41) is 16.4. The largest absolute Gasteiger partial charge is 0.389 e. The van der Waals surface area contributed by atoms with Crippen molar-refractivity contribution < 1.29 is 0 Å². The average Bonchev–Trinajstić information content (AvgIpc) is 2.64. The summed E-state index contributed by atoms with van der Waals surface area (Å²) in [7, 11) is -1.83. The van der Waals surface area contributed by atoms with Crippen molar-refractivity contribution in [2.24, 2.45) is 5.14 Å². The summed E-state index contributed by atoms with van der Waals surface area (Å²) in [6.45, 7) is 5.91. The van der Waals surface area contributed by atoms with Crippen LogP contribution in [0.5, 0.6) is 0 Å². The normalized spacial score (nSPS) is 16.2. The highest BCUT2D eigenvalue weighted by atomic mass is 32.2. The van der Waals surface area contributed by atoms with Crippen LogP contribution in [0.25, 0.3) is 0 Å². The summed E-state index contributed by atoms with van der Waals surface area (Å²) in [6, 6.07) is 5.98. The van der Waals surface area contributed by atoms with E-state index in [2.05, 4.69) is 44.2 Å². The molecule has 0 amide bonds. The number of hydrogen-bond acceptors (Lipinski definition) is 6. The number of aryl methyl sites for hydroxylation is 1. The Kier molecular flexibility index (Phi) is 6.59. The maximum absolute atomic E-state index is 6.24. The Morgan fingerprint density at radius 2 is 1.68 bits per heavy atom. The van der Waals surface area contributed by atoms with Gasteiger partial charge in [0.1, 0.15) is 0 Å². The maximum Gasteiger partial charge on any atom is 0.227 e. The number of anilines is 3. The molecule has 2 aliphatic rings. The molecule has 1 aromatic carbocycles. The summed E-state index contributed by atoms with van der Waals surface area (Å²) in [6.07, 6.45) is 8.81. The quantitative estimate of drug-likeness (QED) is 0.547. The Morgan fingerprint density at radius 1 is 0.964 bits per heavy atom. The molecule has 0 atom stereocenters. The first kappa shape index (κ1) is 20.2. The highest BCUT2D eigenvalue weighted by Gasteiger charge is 2.08. The number of hydrogen-bond donors (Lipinski definition) is 4. The Bertz CT molecular complexity index is 918. The molecular formula is C21H30N6S. The number of aromatic nitrogens is 2. The van der Waals surface area contributed by atoms with Crippen LogP contribution < -0.4 is 21.1 Å². The predicted molar refractivity (Wildman–Crippen MR) is 124 cm³/mol. The van der Waals surface area contributed by atoms with Crippen molar-refractivity contribution in [2.75, 3.05) is 23.7 Å². The van der Waals surface area contributed by atoms with Gasteiger partial charge in [0.05, 0.1) is 5.69 Å². The zero-order valence-electron chi connectivity index (χ0n) is 16.3. The molecule has 0 saturated heterocycles. The molecule has 4 rings (SSSR count). The first-order chi connectivity index (χ1) is 13.4. The van der Waals surface area contributed by atoms with E-state index in [0.29, 0.717) is 5.95 Å². The van der Waals surface area contributed by atoms with Crippen LogP contribution in [-0.4, -0.2) is 34.8 Å². The van der Waals surface area contributed by atoms with Crippen LogP contribution >= 0.6 is 9.39 Å². The molecule has 0 aliphatic carbocycles. The molecule has 7 heteroatoms. The lowest BCUT2D eigenvalue weighted by molar-refractivity contribution is 0.660. The Morgan fingerprint density at radius 3 is 2.39 bits per heavy atom. The number of fused-ring (bicyclic) bond motifs is 11. The molecule has 3 heterocycles. The van der Waals surface area contributed by atoms with Gasteiger partial charge in [-0.3, -0.25) is 5.14 Å². The van der Waals surface area contributed by atoms with Gasteiger partial charge in [0.2, 0.25) is 5.95 Å². The van der Waals surface area contributed by atoms with Gasteiger partial charge in [-0.2, -0.15) is 0 Å². The highest BCUT2D eigenvalue weighted by molar-refractivity contribution is 8.26. The van der Waals surface area contributed by atoms with Gasteiger partial charge < -0.3 is 16.0 Å². The van der Waals surface area contributed by atoms with Crippen LogP contribution in [0.15, 0.2) is 47.8 Å². The predicted octanol–water partition coefficient (Wildman–Crippen LogP) is 3.75. The van der Waals surface area contributed by atoms with Gasteiger partial charge in [-0.1, -0.05) is 18.3 Å². The average molecular weight is 399 g/mol. The van der Waals surface area contributed by atoms with Gasteiger partial charge >= 0.3 is 0 Å². The van der Waals surface area contributed by atoms with Crippen molar-refractivity contribution in [1.82, 2.24) is 15.3 Å². The minimum absolute atomic E-state index is 0.574. The fourth-order valence-electron chi connectivity index (χ4n) is 3.11. The molecule has 2 aromatic rings. The maximum atomic E-state index is 6.24. The zero-order chi connectivity index (χ0) is 20.0. The van der Waals surface area contributed by atoms with E-state index in [1.807, 2.05) is 30.6 Å². The number of nitrogens with two attached hydrogens (primary N) is 1. The van der Waals surface area contributed by atoms with Gasteiger partial charge in [0.25, 0.3) is 0 Å². The number of nitrogens with zero attached hydrogens (tertiary/aromatic N) is 2. The Labute approximate surface area is 168 Å². The summed E-state index contributed by atoms with van der Waals surface area (Å²) in [5.41, 5.74) is 4.08. The molecule has 2 aliphatic heterocycles. The molecule has 150 valence electrons. The van der Waals surface area contributed by atoms with Crippen LogP contribution in [0.2, 0.25) is 0 Å². The van der Waals surface area contributed by atoms with Crippen molar-refractivity contribution >= 4 is 38.5 Å². The molecule has 28 heavy (non-hydrogen) atoms. The van der Waals surface area contributed by atoms with Crippen molar-refractivity contribution in [3.63, 3.8) is 0 Å². The van der Waals surface area contributed by atoms with E-state index in [0.717, 1.165) is 72.7 Å². The lowest BCUT2D eigenvalue weighted by atomic mass is 10.1. The minimum atomic E-state index is -1.83. The molecule has 5 N–H and O–H groups in total. The molecule has 0 fully saturated rings. The van der Waals surface area contributed by atoms with E-state index >= 15 is 0 Å². The molecule has 6 nitrogen and oxygen atoms in total. The zero-order valence-corrected chi connectivity index (χ0v) is 17.2. The van der Waals surface area contributed by atoms with Crippen molar-refractivity contribution in [3.8, 4) is 0 Å². The topological polar surface area (TPSA) is 87.9 Å². The molecule has 1 aromatic heterocycles. The standard InChI is InChI=1S/C21H30N6S/c1-16-7-6-8-17-14-25-21(26-15-17)27-18-9-10-20(28(2,3)22)19(13-18)24-12-5-4-11-23-16/h9-10,13-15,23-24H,1-8,11-12,22H2,(H,25,26,27). The van der Waals surface area contributed by atoms with E-state index in [9.17, 15) is 0 Å². The summed E-state index contributed by atoms with van der Waals surface area (Å²) in [4.78, 5) is 9.84. The van der Waals surface area contributed by atoms with E-state index in [4.69, 9.17) is 5.14 Å². The SMILES string of the molecule is C=C1CCCc2cnc(nc2)Nc2ccc(S(=C)(=C)N)c(c2)NCCCCN1. The van der Waals surface area contributed by atoms with Gasteiger partial charge in [-0.05, 0) is 55.9 Å². The van der Waals surface area contributed by atoms with Crippen LogP contribution in [0.4, 0.5) is 17.3 Å². The second-order valence-corrected chi connectivity index (χ2v) is 9.54. The number of rotatable bonds is 1. The van der Waals surface area contributed by atoms with Gasteiger partial charge in [-0.15, -0.1) is 9.39 Å². The third-order valence-corrected chi connectivity index (χ3v) is 5.85. The van der Waals surface area contributed by atoms with Gasteiger partial charge in [-0.25, -0.2) is 9.97 Å². The number of benzene rings is 1. The number of nitrogens with one attached hydrogen (secondary N) is 3. The Balaban J connectivity index is 1.85. The third-order valence-electron chi connectivity index (χ3n) is 4.62. The van der Waals surface area contributed by atoms with Crippen LogP contribution in [0, 0.1) is 0 Å².